The topological polar surface area (TPSA) is 86.7 Å². The number of ether oxygens (including phenoxy) is 2. The van der Waals surface area contributed by atoms with Crippen LogP contribution in [0.25, 0.3) is 0 Å². The summed E-state index contributed by atoms with van der Waals surface area (Å²) in [5.41, 5.74) is -1.39. The maximum absolute atomic E-state index is 12.1. The maximum atomic E-state index is 12.1. The molecule has 0 amide bonds. The molecular weight excluding hydrogens is 252 g/mol. The van der Waals surface area contributed by atoms with E-state index in [1.54, 1.807) is 0 Å². The number of carbonyl (C=O) groups excluding carboxylic acids is 4. The summed E-state index contributed by atoms with van der Waals surface area (Å²) in [7, 11) is 2.41. The molecule has 0 heterocycles. The van der Waals surface area contributed by atoms with E-state index in [0.29, 0.717) is 0 Å². The molecule has 0 aromatic heterocycles. The number of carbonyl (C=O) groups is 4. The van der Waals surface area contributed by atoms with Gasteiger partial charge in [-0.3, -0.25) is 14.4 Å². The van der Waals surface area contributed by atoms with Gasteiger partial charge < -0.3 is 14.3 Å². The molecule has 0 unspecified atom stereocenters. The molecular formula is C13H20O6. The molecule has 0 spiro atoms. The van der Waals surface area contributed by atoms with Crippen LogP contribution in [0.15, 0.2) is 0 Å². The Morgan fingerprint density at radius 2 is 1.53 bits per heavy atom. The highest BCUT2D eigenvalue weighted by Crippen LogP contribution is 2.28. The zero-order valence-electron chi connectivity index (χ0n) is 11.8. The van der Waals surface area contributed by atoms with E-state index in [2.05, 4.69) is 9.47 Å². The van der Waals surface area contributed by atoms with E-state index >= 15 is 0 Å². The van der Waals surface area contributed by atoms with E-state index < -0.39 is 23.1 Å². The molecule has 108 valence electrons. The third-order valence-corrected chi connectivity index (χ3v) is 3.01. The molecule has 0 saturated heterocycles. The minimum absolute atomic E-state index is 0.0784. The van der Waals surface area contributed by atoms with Crippen molar-refractivity contribution in [2.45, 2.75) is 39.5 Å². The molecule has 1 atom stereocenters. The fourth-order valence-corrected chi connectivity index (χ4v) is 1.60. The Morgan fingerprint density at radius 1 is 0.947 bits per heavy atom. The van der Waals surface area contributed by atoms with E-state index in [-0.39, 0.29) is 31.5 Å². The van der Waals surface area contributed by atoms with Gasteiger partial charge in [0.05, 0.1) is 20.6 Å². The summed E-state index contributed by atoms with van der Waals surface area (Å²) in [5, 5.41) is 0. The Hall–Kier alpha value is -1.72. The Kier molecular flexibility index (Phi) is 6.96. The van der Waals surface area contributed by atoms with Gasteiger partial charge in [0, 0.05) is 12.8 Å². The minimum Gasteiger partial charge on any atom is -0.469 e. The number of hydrogen-bond acceptors (Lipinski definition) is 6. The van der Waals surface area contributed by atoms with Gasteiger partial charge in [0.2, 0.25) is 0 Å². The second-order valence-corrected chi connectivity index (χ2v) is 4.53. The standard InChI is InChI=1S/C13H20O6/c1-9(14)7-8-13(2,12(17)19-4)10(15)5-6-11(16)18-3/h5-8H2,1-4H3/t13-/m0/s1. The van der Waals surface area contributed by atoms with Crippen LogP contribution >= 0.6 is 0 Å². The van der Waals surface area contributed by atoms with Crippen molar-refractivity contribution < 1.29 is 28.7 Å². The molecule has 0 aliphatic heterocycles. The number of esters is 2. The summed E-state index contributed by atoms with van der Waals surface area (Å²) in [4.78, 5) is 45.8. The van der Waals surface area contributed by atoms with Crippen LogP contribution in [0.2, 0.25) is 0 Å². The van der Waals surface area contributed by atoms with Gasteiger partial charge >= 0.3 is 11.9 Å². The molecule has 19 heavy (non-hydrogen) atoms. The smallest absolute Gasteiger partial charge is 0.319 e. The predicted octanol–water partition coefficient (Wildman–Crippen LogP) is 1.06. The summed E-state index contributed by atoms with van der Waals surface area (Å²) in [6.45, 7) is 2.82. The highest BCUT2D eigenvalue weighted by Gasteiger charge is 2.41. The lowest BCUT2D eigenvalue weighted by Crippen LogP contribution is -2.38. The molecule has 0 radical (unpaired) electrons. The molecule has 0 aromatic rings. The molecule has 0 saturated carbocycles. The quantitative estimate of drug-likeness (QED) is 0.485. The summed E-state index contributed by atoms with van der Waals surface area (Å²) in [5.74, 6) is -1.75. The predicted molar refractivity (Wildman–Crippen MR) is 66.3 cm³/mol. The zero-order valence-corrected chi connectivity index (χ0v) is 11.8. The molecule has 0 aliphatic rings. The first-order valence-electron chi connectivity index (χ1n) is 5.96. The van der Waals surface area contributed by atoms with Crippen molar-refractivity contribution in [3.05, 3.63) is 0 Å². The molecule has 6 nitrogen and oxygen atoms in total. The monoisotopic (exact) mass is 272 g/mol. The van der Waals surface area contributed by atoms with Crippen LogP contribution in [0.1, 0.15) is 39.5 Å². The lowest BCUT2D eigenvalue weighted by molar-refractivity contribution is -0.158. The van der Waals surface area contributed by atoms with Crippen molar-refractivity contribution in [3.8, 4) is 0 Å². The fraction of sp³-hybridized carbons (Fsp3) is 0.692. The molecule has 0 N–H and O–H groups in total. The average molecular weight is 272 g/mol. The lowest BCUT2D eigenvalue weighted by atomic mass is 9.79. The molecule has 0 bridgehead atoms. The first-order valence-corrected chi connectivity index (χ1v) is 5.96. The van der Waals surface area contributed by atoms with E-state index in [0.717, 1.165) is 0 Å². The van der Waals surface area contributed by atoms with Crippen molar-refractivity contribution in [3.63, 3.8) is 0 Å². The first-order chi connectivity index (χ1) is 8.77. The number of hydrogen-bond donors (Lipinski definition) is 0. The third kappa shape index (κ3) is 5.19. The van der Waals surface area contributed by atoms with Gasteiger partial charge in [0.15, 0.2) is 0 Å². The summed E-state index contributed by atoms with van der Waals surface area (Å²) in [6.07, 6.45) is -0.0251. The molecule has 0 aliphatic carbocycles. The summed E-state index contributed by atoms with van der Waals surface area (Å²) in [6, 6.07) is 0. The molecule has 0 rings (SSSR count). The lowest BCUT2D eigenvalue weighted by Gasteiger charge is -2.24. The largest absolute Gasteiger partial charge is 0.469 e. The van der Waals surface area contributed by atoms with Gasteiger partial charge in [0.25, 0.3) is 0 Å². The van der Waals surface area contributed by atoms with Crippen molar-refractivity contribution in [2.75, 3.05) is 14.2 Å². The van der Waals surface area contributed by atoms with Crippen LogP contribution in [-0.2, 0) is 28.7 Å². The molecule has 6 heteroatoms. The number of methoxy groups -OCH3 is 2. The highest BCUT2D eigenvalue weighted by molar-refractivity contribution is 6.04. The number of ketones is 2. The minimum atomic E-state index is -1.39. The van der Waals surface area contributed by atoms with Gasteiger partial charge in [-0.05, 0) is 20.3 Å². The van der Waals surface area contributed by atoms with E-state index in [1.165, 1.54) is 28.1 Å². The van der Waals surface area contributed by atoms with Crippen LogP contribution in [0.4, 0.5) is 0 Å². The first kappa shape index (κ1) is 17.3. The van der Waals surface area contributed by atoms with Gasteiger partial charge in [-0.25, -0.2) is 0 Å². The number of Topliss-reactive ketones (excluding diaryl/α,β-unsaturated/α-hetero) is 2. The fourth-order valence-electron chi connectivity index (χ4n) is 1.60. The Balaban J connectivity index is 4.82. The SMILES string of the molecule is COC(=O)CCC(=O)[C@](C)(CCC(C)=O)C(=O)OC. The zero-order chi connectivity index (χ0) is 15.1. The van der Waals surface area contributed by atoms with Crippen molar-refractivity contribution >= 4 is 23.5 Å². The van der Waals surface area contributed by atoms with Gasteiger partial charge in [-0.1, -0.05) is 0 Å². The van der Waals surface area contributed by atoms with Crippen molar-refractivity contribution in [1.29, 1.82) is 0 Å². The highest BCUT2D eigenvalue weighted by atomic mass is 16.5. The van der Waals surface area contributed by atoms with Crippen LogP contribution in [-0.4, -0.2) is 37.7 Å². The number of rotatable bonds is 8. The average Bonchev–Trinajstić information content (AvgIpc) is 2.40. The van der Waals surface area contributed by atoms with Crippen LogP contribution in [0.3, 0.4) is 0 Å². The Labute approximate surface area is 112 Å². The van der Waals surface area contributed by atoms with E-state index in [1.807, 2.05) is 0 Å². The molecule has 0 fully saturated rings. The van der Waals surface area contributed by atoms with E-state index in [4.69, 9.17) is 0 Å². The van der Waals surface area contributed by atoms with Crippen LogP contribution in [0.5, 0.6) is 0 Å². The maximum Gasteiger partial charge on any atom is 0.319 e. The van der Waals surface area contributed by atoms with Crippen molar-refractivity contribution in [1.82, 2.24) is 0 Å². The summed E-state index contributed by atoms with van der Waals surface area (Å²) < 4.78 is 9.05. The van der Waals surface area contributed by atoms with Crippen LogP contribution < -0.4 is 0 Å². The van der Waals surface area contributed by atoms with E-state index in [9.17, 15) is 19.2 Å². The van der Waals surface area contributed by atoms with Crippen molar-refractivity contribution in [2.24, 2.45) is 5.41 Å². The summed E-state index contributed by atoms with van der Waals surface area (Å²) >= 11 is 0. The Morgan fingerprint density at radius 3 is 1.95 bits per heavy atom. The van der Waals surface area contributed by atoms with Gasteiger partial charge in [-0.2, -0.15) is 0 Å². The second-order valence-electron chi connectivity index (χ2n) is 4.53. The Bertz CT molecular complexity index is 373. The van der Waals surface area contributed by atoms with Crippen LogP contribution in [0, 0.1) is 5.41 Å². The normalized spacial score (nSPS) is 13.3. The molecule has 0 aromatic carbocycles. The second kappa shape index (κ2) is 7.66. The van der Waals surface area contributed by atoms with Gasteiger partial charge in [0.1, 0.15) is 17.0 Å². The third-order valence-electron chi connectivity index (χ3n) is 3.01. The van der Waals surface area contributed by atoms with Gasteiger partial charge in [-0.15, -0.1) is 0 Å².